The summed E-state index contributed by atoms with van der Waals surface area (Å²) in [7, 11) is 0. The summed E-state index contributed by atoms with van der Waals surface area (Å²) in [5.74, 6) is 0.588. The van der Waals surface area contributed by atoms with Gasteiger partial charge >= 0.3 is 0 Å². The SMILES string of the molecule is CC(C)c1ccc(-c2cc3c4c(c2)N(c2c(-c5ccccc5)cc(C(C)(C)C)cc2-c2ccccc2)c2ccc(-c5cc(C(C)(C)C)cc(C(C)(C)C)c5)cc2B4c2cc(-c4cc(C(C)(C)C)cc(C(C)(C)C)c4)ccc2N3c2c(-c3ccccc3)cc(C(C)(C)C)cc2-c2ccccc2)c(C(C)C)c1. The molecular weight excluding hydrogens is 1260 g/mol. The van der Waals surface area contributed by atoms with Crippen LogP contribution in [0.2, 0.25) is 0 Å². The highest BCUT2D eigenvalue weighted by atomic mass is 15.2. The maximum atomic E-state index is 2.76. The molecule has 2 nitrogen and oxygen atoms in total. The van der Waals surface area contributed by atoms with Crippen molar-refractivity contribution in [3.05, 3.63) is 293 Å². The van der Waals surface area contributed by atoms with Crippen LogP contribution in [0, 0.1) is 0 Å². The molecule has 530 valence electrons. The molecule has 0 radical (unpaired) electrons. The second-order valence-electron chi connectivity index (χ2n) is 37.1. The van der Waals surface area contributed by atoms with Crippen molar-refractivity contribution in [1.82, 2.24) is 0 Å². The van der Waals surface area contributed by atoms with E-state index in [-0.39, 0.29) is 45.1 Å². The minimum Gasteiger partial charge on any atom is -0.310 e. The molecular formula is C102H109BN2. The monoisotopic (exact) mass is 1370 g/mol. The molecule has 0 N–H and O–H groups in total. The first-order valence-electron chi connectivity index (χ1n) is 38.6. The van der Waals surface area contributed by atoms with Crippen molar-refractivity contribution in [3.8, 4) is 77.9 Å². The number of benzene rings is 12. The van der Waals surface area contributed by atoms with E-state index in [4.69, 9.17) is 0 Å². The molecule has 14 rings (SSSR count). The quantitative estimate of drug-likeness (QED) is 0.119. The molecule has 0 saturated carbocycles. The van der Waals surface area contributed by atoms with Crippen molar-refractivity contribution in [2.24, 2.45) is 0 Å². The highest BCUT2D eigenvalue weighted by molar-refractivity contribution is 7.00. The van der Waals surface area contributed by atoms with Crippen LogP contribution in [0.5, 0.6) is 0 Å². The highest BCUT2D eigenvalue weighted by Crippen LogP contribution is 2.56. The highest BCUT2D eigenvalue weighted by Gasteiger charge is 2.47. The Hall–Kier alpha value is -9.70. The van der Waals surface area contributed by atoms with Crippen LogP contribution >= 0.6 is 0 Å². The average molecular weight is 1370 g/mol. The Balaban J connectivity index is 1.24. The summed E-state index contributed by atoms with van der Waals surface area (Å²) < 4.78 is 0. The summed E-state index contributed by atoms with van der Waals surface area (Å²) in [5.41, 5.74) is 37.3. The van der Waals surface area contributed by atoms with Gasteiger partial charge in [0, 0.05) is 45.0 Å². The van der Waals surface area contributed by atoms with Gasteiger partial charge in [-0.3, -0.25) is 0 Å². The maximum absolute atomic E-state index is 2.76. The summed E-state index contributed by atoms with van der Waals surface area (Å²) in [6, 6.07) is 98.0. The fourth-order valence-corrected chi connectivity index (χ4v) is 16.0. The van der Waals surface area contributed by atoms with E-state index in [0.29, 0.717) is 5.92 Å². The molecule has 0 spiro atoms. The van der Waals surface area contributed by atoms with Gasteiger partial charge in [-0.2, -0.15) is 0 Å². The van der Waals surface area contributed by atoms with Gasteiger partial charge in [-0.05, 0) is 209 Å². The molecule has 0 bridgehead atoms. The third-order valence-electron chi connectivity index (χ3n) is 22.5. The van der Waals surface area contributed by atoms with E-state index in [1.54, 1.807) is 0 Å². The fourth-order valence-electron chi connectivity index (χ4n) is 16.0. The summed E-state index contributed by atoms with van der Waals surface area (Å²) in [5, 5.41) is 0. The Kier molecular flexibility index (Phi) is 18.4. The van der Waals surface area contributed by atoms with Crippen molar-refractivity contribution < 1.29 is 0 Å². The lowest BCUT2D eigenvalue weighted by atomic mass is 9.33. The van der Waals surface area contributed by atoms with E-state index >= 15 is 0 Å². The van der Waals surface area contributed by atoms with Gasteiger partial charge in [0.15, 0.2) is 0 Å². The van der Waals surface area contributed by atoms with Crippen LogP contribution < -0.4 is 26.2 Å². The van der Waals surface area contributed by atoms with Crippen LogP contribution in [0.25, 0.3) is 77.9 Å². The van der Waals surface area contributed by atoms with Crippen molar-refractivity contribution in [2.75, 3.05) is 9.80 Å². The predicted octanol–water partition coefficient (Wildman–Crippen LogP) is 27.5. The van der Waals surface area contributed by atoms with Crippen LogP contribution in [-0.2, 0) is 32.5 Å². The van der Waals surface area contributed by atoms with E-state index < -0.39 is 0 Å². The first-order chi connectivity index (χ1) is 49.5. The molecule has 12 aromatic rings. The molecule has 0 amide bonds. The van der Waals surface area contributed by atoms with Gasteiger partial charge in [0.2, 0.25) is 0 Å². The Labute approximate surface area is 630 Å². The molecule has 12 aromatic carbocycles. The lowest BCUT2D eigenvalue weighted by Gasteiger charge is -2.46. The Morgan fingerprint density at radius 2 is 0.543 bits per heavy atom. The summed E-state index contributed by atoms with van der Waals surface area (Å²) >= 11 is 0. The first kappa shape index (κ1) is 72.3. The van der Waals surface area contributed by atoms with Gasteiger partial charge in [-0.1, -0.05) is 353 Å². The molecule has 0 aliphatic carbocycles. The molecule has 0 unspecified atom stereocenters. The number of rotatable bonds is 11. The minimum absolute atomic E-state index is 0.0976. The lowest BCUT2D eigenvalue weighted by molar-refractivity contribution is 0.568. The van der Waals surface area contributed by atoms with Crippen molar-refractivity contribution in [3.63, 3.8) is 0 Å². The van der Waals surface area contributed by atoms with Crippen molar-refractivity contribution in [1.29, 1.82) is 0 Å². The van der Waals surface area contributed by atoms with Crippen LogP contribution in [-0.4, -0.2) is 6.71 Å². The number of anilines is 6. The van der Waals surface area contributed by atoms with Gasteiger partial charge in [-0.15, -0.1) is 0 Å². The molecule has 2 aliphatic rings. The Morgan fingerprint density at radius 1 is 0.238 bits per heavy atom. The van der Waals surface area contributed by atoms with Gasteiger partial charge in [-0.25, -0.2) is 0 Å². The van der Waals surface area contributed by atoms with Crippen LogP contribution in [0.4, 0.5) is 34.1 Å². The van der Waals surface area contributed by atoms with E-state index in [9.17, 15) is 0 Å². The molecule has 0 saturated heterocycles. The largest absolute Gasteiger partial charge is 0.310 e. The van der Waals surface area contributed by atoms with Gasteiger partial charge in [0.25, 0.3) is 6.71 Å². The number of fused-ring (bicyclic) bond motifs is 4. The fraction of sp³-hybridized carbons (Fsp3) is 0.294. The van der Waals surface area contributed by atoms with Crippen molar-refractivity contribution in [2.45, 2.75) is 197 Å². The maximum Gasteiger partial charge on any atom is 0.252 e. The molecule has 3 heteroatoms. The number of hydrogen-bond acceptors (Lipinski definition) is 2. The third kappa shape index (κ3) is 13.8. The molecule has 0 atom stereocenters. The van der Waals surface area contributed by atoms with Crippen LogP contribution in [0.1, 0.15) is 209 Å². The van der Waals surface area contributed by atoms with Crippen LogP contribution in [0.15, 0.2) is 249 Å². The summed E-state index contributed by atoms with van der Waals surface area (Å²) in [4.78, 5) is 5.51. The number of nitrogens with zero attached hydrogens (tertiary/aromatic N) is 2. The Morgan fingerprint density at radius 3 is 0.829 bits per heavy atom. The molecule has 2 aliphatic heterocycles. The lowest BCUT2D eigenvalue weighted by Crippen LogP contribution is -2.61. The van der Waals surface area contributed by atoms with Gasteiger partial charge in [0.05, 0.1) is 11.4 Å². The predicted molar refractivity (Wildman–Crippen MR) is 459 cm³/mol. The smallest absolute Gasteiger partial charge is 0.252 e. The van der Waals surface area contributed by atoms with E-state index in [1.165, 1.54) is 150 Å². The molecule has 0 fully saturated rings. The van der Waals surface area contributed by atoms with Gasteiger partial charge in [0.1, 0.15) is 0 Å². The van der Waals surface area contributed by atoms with E-state index in [1.807, 2.05) is 0 Å². The molecule has 105 heavy (non-hydrogen) atoms. The third-order valence-corrected chi connectivity index (χ3v) is 22.5. The van der Waals surface area contributed by atoms with Gasteiger partial charge < -0.3 is 9.80 Å². The number of hydrogen-bond donors (Lipinski definition) is 0. The zero-order valence-corrected chi connectivity index (χ0v) is 66.8. The van der Waals surface area contributed by atoms with Crippen LogP contribution in [0.3, 0.4) is 0 Å². The van der Waals surface area contributed by atoms with Crippen molar-refractivity contribution >= 4 is 57.2 Å². The average Bonchev–Trinajstić information content (AvgIpc) is 0.685. The molecule has 0 aromatic heterocycles. The first-order valence-corrected chi connectivity index (χ1v) is 38.6. The van der Waals surface area contributed by atoms with E-state index in [2.05, 4.69) is 411 Å². The zero-order chi connectivity index (χ0) is 74.8. The minimum atomic E-state index is -0.265. The molecule has 2 heterocycles. The summed E-state index contributed by atoms with van der Waals surface area (Å²) in [6.07, 6.45) is 0. The van der Waals surface area contributed by atoms with E-state index in [0.717, 1.165) is 22.7 Å². The zero-order valence-electron chi connectivity index (χ0n) is 66.8. The summed E-state index contributed by atoms with van der Waals surface area (Å²) in [6.45, 7) is 51.8. The normalized spacial score (nSPS) is 13.4. The Bertz CT molecular complexity index is 4800. The topological polar surface area (TPSA) is 6.48 Å². The second-order valence-corrected chi connectivity index (χ2v) is 37.1. The second kappa shape index (κ2) is 26.7. The standard InChI is InChI=1S/C102H109BN2/c1-64(2)70-43-46-82(83(53-70)65(3)4)75-56-92-94-93(57-75)105(96-86(68-39-31-25-32-40-68)62-81(102(20,21)22)63-87(96)69-41-33-26-34-42-69)91-48-45-72(74-51-78(99(11,12)13)59-79(52-74)100(14,15)16)55-89(91)103(94)88-54-71(73-49-76(97(5,6)7)58-77(50-73)98(8,9)10)44-47-90(88)104(92)95-84(66-35-27-23-28-36-66)60-80(101(17,18)19)61-85(95)67-37-29-24-30-38-67/h23-65H,1-22H3.